The number of rotatable bonds is 5. The maximum absolute atomic E-state index is 2.41. The first kappa shape index (κ1) is 29.5. The van der Waals surface area contributed by atoms with Crippen LogP contribution in [-0.2, 0) is 0 Å². The SMILES string of the molecule is CC1CC=CC=C1c1ccc(-n2c3ccccc3c3cc(-c4ccc5c(c4)c4ccccc4n5-c4ccc(-c5ccccc5)cc4)ccc32)cc1. The molecule has 2 heterocycles. The summed E-state index contributed by atoms with van der Waals surface area (Å²) in [7, 11) is 0. The monoisotopic (exact) mass is 652 g/mol. The van der Waals surface area contributed by atoms with E-state index in [4.69, 9.17) is 0 Å². The van der Waals surface area contributed by atoms with Crippen molar-refractivity contribution in [3.63, 3.8) is 0 Å². The Morgan fingerprint density at radius 2 is 0.863 bits per heavy atom. The van der Waals surface area contributed by atoms with E-state index >= 15 is 0 Å². The van der Waals surface area contributed by atoms with Gasteiger partial charge in [0.05, 0.1) is 22.1 Å². The number of allylic oxidation sites excluding steroid dienone is 4. The zero-order chi connectivity index (χ0) is 33.9. The molecule has 10 rings (SSSR count). The van der Waals surface area contributed by atoms with Crippen molar-refractivity contribution in [2.45, 2.75) is 13.3 Å². The van der Waals surface area contributed by atoms with Crippen molar-refractivity contribution in [3.8, 4) is 33.6 Å². The van der Waals surface area contributed by atoms with Gasteiger partial charge in [-0.25, -0.2) is 0 Å². The lowest BCUT2D eigenvalue weighted by molar-refractivity contribution is 0.758. The van der Waals surface area contributed by atoms with Crippen LogP contribution in [0, 0.1) is 5.92 Å². The van der Waals surface area contributed by atoms with E-state index in [0.717, 1.165) is 12.1 Å². The highest BCUT2D eigenvalue weighted by Crippen LogP contribution is 2.39. The standard InChI is InChI=1S/C49H36N2/c1-33-11-5-6-14-41(33)36-21-27-40(28-22-36)51-47-18-10-8-16-43(47)45-32-38(24-30-49(45)51)37-23-29-48-44(31-37)42-15-7-9-17-46(42)50(48)39-25-19-35(20-26-39)34-12-3-2-4-13-34/h2-10,12-33H,11H2,1H3. The summed E-state index contributed by atoms with van der Waals surface area (Å²) in [5.74, 6) is 0.537. The lowest BCUT2D eigenvalue weighted by atomic mass is 9.88. The second kappa shape index (κ2) is 11.9. The van der Waals surface area contributed by atoms with Crippen molar-refractivity contribution < 1.29 is 0 Å². The van der Waals surface area contributed by atoms with Crippen molar-refractivity contribution in [3.05, 3.63) is 188 Å². The second-order valence-corrected chi connectivity index (χ2v) is 13.8. The number of hydrogen-bond donors (Lipinski definition) is 0. The Hall–Kier alpha value is -6.38. The fourth-order valence-electron chi connectivity index (χ4n) is 8.22. The molecule has 51 heavy (non-hydrogen) atoms. The summed E-state index contributed by atoms with van der Waals surface area (Å²) in [6.45, 7) is 2.31. The summed E-state index contributed by atoms with van der Waals surface area (Å²) in [4.78, 5) is 0. The Morgan fingerprint density at radius 3 is 1.41 bits per heavy atom. The van der Waals surface area contributed by atoms with Crippen LogP contribution in [0.15, 0.2) is 182 Å². The third-order valence-electron chi connectivity index (χ3n) is 10.8. The first-order valence-electron chi connectivity index (χ1n) is 17.9. The molecule has 0 fully saturated rings. The molecule has 2 heteroatoms. The average Bonchev–Trinajstić information content (AvgIpc) is 3.71. The Morgan fingerprint density at radius 1 is 0.412 bits per heavy atom. The maximum Gasteiger partial charge on any atom is 0.0541 e. The highest BCUT2D eigenvalue weighted by molar-refractivity contribution is 6.12. The normalized spacial score (nSPS) is 14.5. The molecule has 242 valence electrons. The molecular formula is C49H36N2. The quantitative estimate of drug-likeness (QED) is 0.175. The van der Waals surface area contributed by atoms with Crippen molar-refractivity contribution >= 4 is 49.2 Å². The van der Waals surface area contributed by atoms with Gasteiger partial charge < -0.3 is 9.13 Å². The van der Waals surface area contributed by atoms with Gasteiger partial charge in [-0.15, -0.1) is 0 Å². The van der Waals surface area contributed by atoms with Crippen LogP contribution in [0.4, 0.5) is 0 Å². The first-order valence-corrected chi connectivity index (χ1v) is 17.9. The molecule has 1 atom stereocenters. The van der Waals surface area contributed by atoms with Crippen LogP contribution < -0.4 is 0 Å². The van der Waals surface area contributed by atoms with E-state index in [0.29, 0.717) is 5.92 Å². The fourth-order valence-corrected chi connectivity index (χ4v) is 8.22. The van der Waals surface area contributed by atoms with Crippen LogP contribution >= 0.6 is 0 Å². The summed E-state index contributed by atoms with van der Waals surface area (Å²) in [6.07, 6.45) is 7.82. The van der Waals surface area contributed by atoms with Crippen molar-refractivity contribution in [2.75, 3.05) is 0 Å². The molecule has 0 amide bonds. The van der Waals surface area contributed by atoms with Crippen LogP contribution in [0.25, 0.3) is 82.8 Å². The Bertz CT molecular complexity index is 2810. The third-order valence-corrected chi connectivity index (χ3v) is 10.8. The van der Waals surface area contributed by atoms with Gasteiger partial charge in [0.2, 0.25) is 0 Å². The molecule has 7 aromatic carbocycles. The topological polar surface area (TPSA) is 9.86 Å². The van der Waals surface area contributed by atoms with Crippen LogP contribution in [0.3, 0.4) is 0 Å². The Labute approximate surface area is 297 Å². The lowest BCUT2D eigenvalue weighted by Gasteiger charge is -2.18. The predicted octanol–water partition coefficient (Wildman–Crippen LogP) is 13.2. The van der Waals surface area contributed by atoms with E-state index in [1.165, 1.54) is 82.7 Å². The number of aromatic nitrogens is 2. The van der Waals surface area contributed by atoms with Gasteiger partial charge in [-0.05, 0) is 106 Å². The molecular weight excluding hydrogens is 617 g/mol. The number of benzene rings is 7. The van der Waals surface area contributed by atoms with Crippen LogP contribution in [0.1, 0.15) is 18.9 Å². The van der Waals surface area contributed by atoms with E-state index in [9.17, 15) is 0 Å². The molecule has 0 aliphatic heterocycles. The minimum atomic E-state index is 0.537. The van der Waals surface area contributed by atoms with E-state index in [1.54, 1.807) is 0 Å². The van der Waals surface area contributed by atoms with Crippen molar-refractivity contribution in [1.29, 1.82) is 0 Å². The molecule has 1 aliphatic carbocycles. The highest BCUT2D eigenvalue weighted by Gasteiger charge is 2.17. The van der Waals surface area contributed by atoms with Gasteiger partial charge in [0, 0.05) is 32.9 Å². The summed E-state index contributed by atoms with van der Waals surface area (Å²) < 4.78 is 4.81. The zero-order valence-electron chi connectivity index (χ0n) is 28.5. The largest absolute Gasteiger partial charge is 0.309 e. The molecule has 0 radical (unpaired) electrons. The molecule has 0 saturated carbocycles. The first-order chi connectivity index (χ1) is 25.2. The van der Waals surface area contributed by atoms with Crippen LogP contribution in [-0.4, -0.2) is 9.13 Å². The molecule has 0 bridgehead atoms. The molecule has 9 aromatic rings. The minimum absolute atomic E-state index is 0.537. The summed E-state index contributed by atoms with van der Waals surface area (Å²) >= 11 is 0. The summed E-state index contributed by atoms with van der Waals surface area (Å²) in [5, 5.41) is 5.05. The minimum Gasteiger partial charge on any atom is -0.309 e. The molecule has 0 N–H and O–H groups in total. The maximum atomic E-state index is 2.41. The Balaban J connectivity index is 1.07. The zero-order valence-corrected chi connectivity index (χ0v) is 28.5. The van der Waals surface area contributed by atoms with Gasteiger partial charge in [-0.1, -0.05) is 128 Å². The molecule has 1 unspecified atom stereocenters. The lowest BCUT2D eigenvalue weighted by Crippen LogP contribution is -2.01. The molecule has 0 spiro atoms. The van der Waals surface area contributed by atoms with Gasteiger partial charge >= 0.3 is 0 Å². The highest BCUT2D eigenvalue weighted by atomic mass is 15.0. The van der Waals surface area contributed by atoms with Gasteiger partial charge in [0.1, 0.15) is 0 Å². The second-order valence-electron chi connectivity index (χ2n) is 13.8. The van der Waals surface area contributed by atoms with E-state index < -0.39 is 0 Å². The molecule has 0 saturated heterocycles. The molecule has 2 nitrogen and oxygen atoms in total. The number of para-hydroxylation sites is 2. The predicted molar refractivity (Wildman–Crippen MR) is 217 cm³/mol. The summed E-state index contributed by atoms with van der Waals surface area (Å²) in [5.41, 5.74) is 14.8. The molecule has 2 aromatic heterocycles. The average molecular weight is 653 g/mol. The van der Waals surface area contributed by atoms with Crippen molar-refractivity contribution in [1.82, 2.24) is 9.13 Å². The Kier molecular flexibility index (Phi) is 6.89. The van der Waals surface area contributed by atoms with E-state index in [1.807, 2.05) is 0 Å². The van der Waals surface area contributed by atoms with Crippen molar-refractivity contribution in [2.24, 2.45) is 5.92 Å². The number of nitrogens with zero attached hydrogens (tertiary/aromatic N) is 2. The number of hydrogen-bond acceptors (Lipinski definition) is 0. The van der Waals surface area contributed by atoms with Gasteiger partial charge in [0.25, 0.3) is 0 Å². The van der Waals surface area contributed by atoms with Gasteiger partial charge in [-0.2, -0.15) is 0 Å². The smallest absolute Gasteiger partial charge is 0.0541 e. The van der Waals surface area contributed by atoms with Crippen LogP contribution in [0.2, 0.25) is 0 Å². The third kappa shape index (κ3) is 4.87. The summed E-state index contributed by atoms with van der Waals surface area (Å²) in [6, 6.07) is 60.1. The van der Waals surface area contributed by atoms with E-state index in [-0.39, 0.29) is 0 Å². The fraction of sp³-hybridized carbons (Fsp3) is 0.0612. The van der Waals surface area contributed by atoms with Crippen LogP contribution in [0.5, 0.6) is 0 Å². The number of fused-ring (bicyclic) bond motifs is 6. The van der Waals surface area contributed by atoms with Gasteiger partial charge in [-0.3, -0.25) is 0 Å². The van der Waals surface area contributed by atoms with Gasteiger partial charge in [0.15, 0.2) is 0 Å². The van der Waals surface area contributed by atoms with E-state index in [2.05, 4.69) is 198 Å². The molecule has 1 aliphatic rings.